The number of ether oxygens (including phenoxy) is 1. The van der Waals surface area contributed by atoms with Gasteiger partial charge in [-0.25, -0.2) is 13.2 Å². The zero-order valence-corrected chi connectivity index (χ0v) is 18.1. The predicted octanol–water partition coefficient (Wildman–Crippen LogP) is 4.33. The van der Waals surface area contributed by atoms with Crippen molar-refractivity contribution in [3.8, 4) is 11.1 Å². The van der Waals surface area contributed by atoms with Crippen molar-refractivity contribution in [3.63, 3.8) is 0 Å². The molecule has 0 atom stereocenters. The molecule has 6 nitrogen and oxygen atoms in total. The van der Waals surface area contributed by atoms with Crippen molar-refractivity contribution < 1.29 is 22.7 Å². The molecule has 3 aromatic rings. The van der Waals surface area contributed by atoms with Crippen LogP contribution in [0.4, 0.5) is 5.69 Å². The van der Waals surface area contributed by atoms with Gasteiger partial charge in [-0.05, 0) is 47.9 Å². The number of esters is 1. The molecule has 0 fully saturated rings. The minimum absolute atomic E-state index is 0.0944. The number of hydrogen-bond acceptors (Lipinski definition) is 5. The summed E-state index contributed by atoms with van der Waals surface area (Å²) >= 11 is 0. The number of rotatable bonds is 7. The fourth-order valence-electron chi connectivity index (χ4n) is 3.09. The molecule has 1 amide bonds. The summed E-state index contributed by atoms with van der Waals surface area (Å²) in [5.41, 5.74) is 3.30. The molecule has 0 saturated carbocycles. The Kier molecular flexibility index (Phi) is 6.87. The number of nitrogens with one attached hydrogen (secondary N) is 1. The van der Waals surface area contributed by atoms with Crippen LogP contribution in [0.3, 0.4) is 0 Å². The lowest BCUT2D eigenvalue weighted by Crippen LogP contribution is -2.16. The molecule has 0 bridgehead atoms. The lowest BCUT2D eigenvalue weighted by molar-refractivity contribution is 0.0527. The zero-order valence-electron chi connectivity index (χ0n) is 17.3. The van der Waals surface area contributed by atoms with Crippen molar-refractivity contribution in [2.45, 2.75) is 12.7 Å². The average molecular weight is 438 g/mol. The maximum atomic E-state index is 12.7. The summed E-state index contributed by atoms with van der Waals surface area (Å²) < 4.78 is 28.0. The van der Waals surface area contributed by atoms with Crippen LogP contribution < -0.4 is 5.32 Å². The quantitative estimate of drug-likeness (QED) is 0.556. The molecule has 0 heterocycles. The zero-order chi connectivity index (χ0) is 22.4. The molecule has 0 aromatic heterocycles. The Morgan fingerprint density at radius 1 is 0.903 bits per heavy atom. The molecule has 7 heteroatoms. The summed E-state index contributed by atoms with van der Waals surface area (Å²) in [6.45, 7) is 1.93. The van der Waals surface area contributed by atoms with Gasteiger partial charge in [-0.2, -0.15) is 0 Å². The summed E-state index contributed by atoms with van der Waals surface area (Å²) in [6, 6.07) is 21.1. The van der Waals surface area contributed by atoms with Crippen LogP contribution in [0.5, 0.6) is 0 Å². The van der Waals surface area contributed by atoms with Crippen molar-refractivity contribution in [2.24, 2.45) is 0 Å². The van der Waals surface area contributed by atoms with Crippen LogP contribution in [0.2, 0.25) is 0 Å². The van der Waals surface area contributed by atoms with E-state index in [1.54, 1.807) is 43.3 Å². The number of carbonyl (C=O) groups is 2. The van der Waals surface area contributed by atoms with Gasteiger partial charge in [-0.1, -0.05) is 48.5 Å². The van der Waals surface area contributed by atoms with Crippen LogP contribution in [0.25, 0.3) is 11.1 Å². The molecule has 160 valence electrons. The molecule has 0 saturated heterocycles. The monoisotopic (exact) mass is 437 g/mol. The van der Waals surface area contributed by atoms with Gasteiger partial charge in [0.2, 0.25) is 0 Å². The van der Waals surface area contributed by atoms with E-state index in [9.17, 15) is 18.0 Å². The highest BCUT2D eigenvalue weighted by atomic mass is 32.2. The number of anilines is 1. The van der Waals surface area contributed by atoms with Crippen LogP contribution in [-0.2, 0) is 20.3 Å². The van der Waals surface area contributed by atoms with Crippen LogP contribution >= 0.6 is 0 Å². The maximum absolute atomic E-state index is 12.7. The van der Waals surface area contributed by atoms with Gasteiger partial charge in [0, 0.05) is 11.8 Å². The minimum Gasteiger partial charge on any atom is -0.462 e. The first kappa shape index (κ1) is 22.2. The highest BCUT2D eigenvalue weighted by Gasteiger charge is 2.17. The summed E-state index contributed by atoms with van der Waals surface area (Å²) in [5, 5.41) is 2.75. The third-order valence-corrected chi connectivity index (χ3v) is 5.37. The largest absolute Gasteiger partial charge is 0.462 e. The highest BCUT2D eigenvalue weighted by Crippen LogP contribution is 2.26. The molecule has 1 N–H and O–H groups in total. The molecular formula is C24H23NO5S. The predicted molar refractivity (Wildman–Crippen MR) is 121 cm³/mol. The lowest BCUT2D eigenvalue weighted by atomic mass is 10.0. The second-order valence-electron chi connectivity index (χ2n) is 7.07. The maximum Gasteiger partial charge on any atom is 0.340 e. The normalized spacial score (nSPS) is 11.0. The van der Waals surface area contributed by atoms with Gasteiger partial charge in [0.1, 0.15) is 0 Å². The standard InChI is InChI=1S/C24H23NO5S/c1-3-30-24(27)21-15-20(18-7-5-4-6-8-18)13-14-22(21)25-23(26)19-11-9-17(10-12-19)16-31(2,28)29/h4-15H,3,16H2,1-2H3,(H,25,26). The topological polar surface area (TPSA) is 89.5 Å². The van der Waals surface area contributed by atoms with Gasteiger partial charge >= 0.3 is 5.97 Å². The molecule has 3 aromatic carbocycles. The molecule has 0 radical (unpaired) electrons. The molecule has 0 aliphatic rings. The van der Waals surface area contributed by atoms with Crippen LogP contribution in [0.1, 0.15) is 33.2 Å². The Labute approximate surface area is 181 Å². The first-order valence-corrected chi connectivity index (χ1v) is 11.8. The van der Waals surface area contributed by atoms with Gasteiger partial charge in [0.15, 0.2) is 9.84 Å². The average Bonchev–Trinajstić information content (AvgIpc) is 2.74. The van der Waals surface area contributed by atoms with Gasteiger partial charge < -0.3 is 10.1 Å². The van der Waals surface area contributed by atoms with E-state index in [4.69, 9.17) is 4.74 Å². The molecular weight excluding hydrogens is 414 g/mol. The van der Waals surface area contributed by atoms with Gasteiger partial charge in [0.25, 0.3) is 5.91 Å². The number of amides is 1. The van der Waals surface area contributed by atoms with Crippen molar-refractivity contribution in [3.05, 3.63) is 89.5 Å². The Morgan fingerprint density at radius 2 is 1.58 bits per heavy atom. The molecule has 0 aliphatic carbocycles. The number of sulfone groups is 1. The second-order valence-corrected chi connectivity index (χ2v) is 9.21. The fraction of sp³-hybridized carbons (Fsp3) is 0.167. The van der Waals surface area contributed by atoms with E-state index in [-0.39, 0.29) is 17.9 Å². The summed E-state index contributed by atoms with van der Waals surface area (Å²) in [4.78, 5) is 25.2. The van der Waals surface area contributed by atoms with E-state index >= 15 is 0 Å². The summed E-state index contributed by atoms with van der Waals surface area (Å²) in [7, 11) is -3.16. The second kappa shape index (κ2) is 9.57. The van der Waals surface area contributed by atoms with Gasteiger partial charge in [-0.3, -0.25) is 4.79 Å². The Hall–Kier alpha value is -3.45. The van der Waals surface area contributed by atoms with E-state index in [0.29, 0.717) is 16.8 Å². The Balaban J connectivity index is 1.87. The van der Waals surface area contributed by atoms with Gasteiger partial charge in [-0.15, -0.1) is 0 Å². The molecule has 0 aliphatic heterocycles. The third-order valence-electron chi connectivity index (χ3n) is 4.52. The smallest absolute Gasteiger partial charge is 0.340 e. The van der Waals surface area contributed by atoms with E-state index < -0.39 is 21.7 Å². The molecule has 0 unspecified atom stereocenters. The first-order chi connectivity index (χ1) is 14.8. The Morgan fingerprint density at radius 3 is 2.19 bits per heavy atom. The van der Waals surface area contributed by atoms with Crippen molar-refractivity contribution in [1.82, 2.24) is 0 Å². The van der Waals surface area contributed by atoms with E-state index in [1.807, 2.05) is 36.4 Å². The minimum atomic E-state index is -3.16. The number of benzene rings is 3. The van der Waals surface area contributed by atoms with E-state index in [1.165, 1.54) is 0 Å². The third kappa shape index (κ3) is 6.02. The van der Waals surface area contributed by atoms with Crippen LogP contribution in [-0.4, -0.2) is 33.2 Å². The van der Waals surface area contributed by atoms with Crippen LogP contribution in [0, 0.1) is 0 Å². The summed E-state index contributed by atoms with van der Waals surface area (Å²) in [6.07, 6.45) is 1.16. The fourth-order valence-corrected chi connectivity index (χ4v) is 3.89. The molecule has 0 spiro atoms. The first-order valence-electron chi connectivity index (χ1n) is 9.71. The van der Waals surface area contributed by atoms with E-state index in [2.05, 4.69) is 5.32 Å². The van der Waals surface area contributed by atoms with Crippen LogP contribution in [0.15, 0.2) is 72.8 Å². The lowest BCUT2D eigenvalue weighted by Gasteiger charge is -2.13. The Bertz CT molecular complexity index is 1190. The van der Waals surface area contributed by atoms with Crippen molar-refractivity contribution in [1.29, 1.82) is 0 Å². The number of carbonyl (C=O) groups excluding carboxylic acids is 2. The van der Waals surface area contributed by atoms with Crippen molar-refractivity contribution >= 4 is 27.4 Å². The molecule has 31 heavy (non-hydrogen) atoms. The van der Waals surface area contributed by atoms with Gasteiger partial charge in [0.05, 0.1) is 23.6 Å². The molecule has 3 rings (SSSR count). The van der Waals surface area contributed by atoms with Crippen molar-refractivity contribution in [2.75, 3.05) is 18.2 Å². The highest BCUT2D eigenvalue weighted by molar-refractivity contribution is 7.89. The number of hydrogen-bond donors (Lipinski definition) is 1. The summed E-state index contributed by atoms with van der Waals surface area (Å²) in [5.74, 6) is -1.04. The SMILES string of the molecule is CCOC(=O)c1cc(-c2ccccc2)ccc1NC(=O)c1ccc(CS(C)(=O)=O)cc1. The van der Waals surface area contributed by atoms with E-state index in [0.717, 1.165) is 17.4 Å².